The molecule has 0 aliphatic rings. The quantitative estimate of drug-likeness (QED) is 0.288. The van der Waals surface area contributed by atoms with Crippen molar-refractivity contribution in [3.05, 3.63) is 76.0 Å². The van der Waals surface area contributed by atoms with Crippen molar-refractivity contribution in [1.29, 1.82) is 5.26 Å². The number of alkyl halides is 1. The predicted octanol–water partition coefficient (Wildman–Crippen LogP) is 6.29. The molecule has 1 aromatic heterocycles. The normalized spacial score (nSPS) is 11.2. The Morgan fingerprint density at radius 2 is 1.87 bits per heavy atom. The van der Waals surface area contributed by atoms with E-state index in [9.17, 15) is 5.26 Å². The second-order valence-electron chi connectivity index (χ2n) is 7.31. The summed E-state index contributed by atoms with van der Waals surface area (Å²) in [7, 11) is 0. The minimum Gasteiger partial charge on any atom is -0.489 e. The predicted molar refractivity (Wildman–Crippen MR) is 124 cm³/mol. The maximum absolute atomic E-state index is 9.56. The highest BCUT2D eigenvalue weighted by Gasteiger charge is 2.26. The smallest absolute Gasteiger partial charge is 0.175 e. The van der Waals surface area contributed by atoms with Crippen molar-refractivity contribution in [1.82, 2.24) is 0 Å². The Morgan fingerprint density at radius 1 is 1.13 bits per heavy atom. The first-order valence-electron chi connectivity index (χ1n) is 9.49. The van der Waals surface area contributed by atoms with E-state index in [-0.39, 0.29) is 6.61 Å². The van der Waals surface area contributed by atoms with E-state index in [1.807, 2.05) is 42.5 Å². The standard InChI is InChI=1S/C23H22Cl2N2O3S/c1-23(2,18-10-16(12-26)22(20(25)11-18)28-8-7-24)17-3-5-19(6-4-17)29-13-15-9-21(31-27)30-14-15/h3-6,9-11,14H,7-8,13,27H2,1-2H3. The van der Waals surface area contributed by atoms with Crippen LogP contribution in [0.15, 0.2) is 58.2 Å². The number of hydrogen-bond acceptors (Lipinski definition) is 6. The number of nitriles is 1. The van der Waals surface area contributed by atoms with Gasteiger partial charge in [0.05, 0.1) is 22.7 Å². The molecule has 0 aliphatic heterocycles. The summed E-state index contributed by atoms with van der Waals surface area (Å²) in [6.45, 7) is 4.82. The number of ether oxygens (including phenoxy) is 2. The Morgan fingerprint density at radius 3 is 2.48 bits per heavy atom. The zero-order valence-corrected chi connectivity index (χ0v) is 19.5. The number of nitrogens with two attached hydrogens (primary N) is 1. The Labute approximate surface area is 196 Å². The molecule has 0 spiro atoms. The fraction of sp³-hybridized carbons (Fsp3) is 0.261. The van der Waals surface area contributed by atoms with Crippen LogP contribution in [0.1, 0.15) is 36.1 Å². The summed E-state index contributed by atoms with van der Waals surface area (Å²) in [5.74, 6) is 1.42. The van der Waals surface area contributed by atoms with Crippen molar-refractivity contribution < 1.29 is 13.9 Å². The minimum atomic E-state index is -0.392. The minimum absolute atomic E-state index is 0.283. The first-order valence-corrected chi connectivity index (χ1v) is 11.3. The van der Waals surface area contributed by atoms with Gasteiger partial charge < -0.3 is 13.9 Å². The summed E-state index contributed by atoms with van der Waals surface area (Å²) >= 11 is 13.2. The van der Waals surface area contributed by atoms with Crippen LogP contribution in [0.5, 0.6) is 11.5 Å². The lowest BCUT2D eigenvalue weighted by Gasteiger charge is -2.27. The number of furan rings is 1. The highest BCUT2D eigenvalue weighted by atomic mass is 35.5. The van der Waals surface area contributed by atoms with Crippen molar-refractivity contribution in [3.63, 3.8) is 0 Å². The number of halogens is 2. The lowest BCUT2D eigenvalue weighted by atomic mass is 9.77. The highest BCUT2D eigenvalue weighted by molar-refractivity contribution is 7.96. The maximum atomic E-state index is 9.56. The summed E-state index contributed by atoms with van der Waals surface area (Å²) in [5, 5.41) is 16.1. The third kappa shape index (κ3) is 5.50. The summed E-state index contributed by atoms with van der Waals surface area (Å²) in [4.78, 5) is 0. The third-order valence-electron chi connectivity index (χ3n) is 4.94. The first kappa shape index (κ1) is 23.4. The van der Waals surface area contributed by atoms with Gasteiger partial charge in [-0.25, -0.2) is 0 Å². The SMILES string of the molecule is CC(C)(c1ccc(OCc2coc(SN)c2)cc1)c1cc(Cl)c(OCCCl)c(C#N)c1. The van der Waals surface area contributed by atoms with Crippen molar-refractivity contribution in [2.24, 2.45) is 5.14 Å². The molecule has 0 fully saturated rings. The lowest BCUT2D eigenvalue weighted by Crippen LogP contribution is -2.19. The highest BCUT2D eigenvalue weighted by Crippen LogP contribution is 2.38. The number of hydrogen-bond donors (Lipinski definition) is 1. The van der Waals surface area contributed by atoms with Crippen LogP contribution in [0.3, 0.4) is 0 Å². The largest absolute Gasteiger partial charge is 0.489 e. The van der Waals surface area contributed by atoms with Gasteiger partial charge in [0.1, 0.15) is 25.0 Å². The topological polar surface area (TPSA) is 81.4 Å². The van der Waals surface area contributed by atoms with Crippen LogP contribution in [-0.2, 0) is 12.0 Å². The van der Waals surface area contributed by atoms with Crippen molar-refractivity contribution >= 4 is 35.1 Å². The van der Waals surface area contributed by atoms with Gasteiger partial charge in [-0.15, -0.1) is 11.6 Å². The molecule has 0 radical (unpaired) electrons. The van der Waals surface area contributed by atoms with Crippen LogP contribution in [-0.4, -0.2) is 12.5 Å². The molecule has 0 amide bonds. The summed E-state index contributed by atoms with van der Waals surface area (Å²) < 4.78 is 16.7. The average molecular weight is 477 g/mol. The van der Waals surface area contributed by atoms with Crippen LogP contribution in [0.2, 0.25) is 5.02 Å². The van der Waals surface area contributed by atoms with E-state index >= 15 is 0 Å². The molecule has 31 heavy (non-hydrogen) atoms. The second kappa shape index (κ2) is 10.3. The Bertz CT molecular complexity index is 1080. The maximum Gasteiger partial charge on any atom is 0.175 e. The number of rotatable bonds is 9. The summed E-state index contributed by atoms with van der Waals surface area (Å²) in [5.41, 5.74) is 2.87. The zero-order chi connectivity index (χ0) is 22.4. The lowest BCUT2D eigenvalue weighted by molar-refractivity contribution is 0.304. The van der Waals surface area contributed by atoms with Gasteiger partial charge in [-0.1, -0.05) is 37.6 Å². The van der Waals surface area contributed by atoms with Gasteiger partial charge in [-0.05, 0) is 53.4 Å². The zero-order valence-electron chi connectivity index (χ0n) is 17.2. The number of nitrogens with zero attached hydrogens (tertiary/aromatic N) is 1. The van der Waals surface area contributed by atoms with Gasteiger partial charge in [-0.2, -0.15) is 5.26 Å². The van der Waals surface area contributed by atoms with Gasteiger partial charge >= 0.3 is 0 Å². The van der Waals surface area contributed by atoms with Crippen molar-refractivity contribution in [2.45, 2.75) is 31.0 Å². The van der Waals surface area contributed by atoms with E-state index < -0.39 is 5.41 Å². The molecule has 0 aliphatic carbocycles. The van der Waals surface area contributed by atoms with E-state index in [1.54, 1.807) is 6.26 Å². The molecular formula is C23H22Cl2N2O3S. The van der Waals surface area contributed by atoms with Crippen molar-refractivity contribution in [2.75, 3.05) is 12.5 Å². The van der Waals surface area contributed by atoms with Crippen LogP contribution < -0.4 is 14.6 Å². The fourth-order valence-electron chi connectivity index (χ4n) is 3.12. The first-order chi connectivity index (χ1) is 14.9. The van der Waals surface area contributed by atoms with Gasteiger partial charge in [0, 0.05) is 11.0 Å². The Kier molecular flexibility index (Phi) is 7.79. The second-order valence-corrected chi connectivity index (χ2v) is 8.74. The van der Waals surface area contributed by atoms with Gasteiger partial charge in [-0.3, -0.25) is 5.14 Å². The molecule has 2 N–H and O–H groups in total. The van der Waals surface area contributed by atoms with Gasteiger partial charge in [0.25, 0.3) is 0 Å². The molecular weight excluding hydrogens is 455 g/mol. The van der Waals surface area contributed by atoms with Crippen LogP contribution in [0, 0.1) is 11.3 Å². The van der Waals surface area contributed by atoms with E-state index in [0.717, 1.165) is 34.4 Å². The molecule has 0 unspecified atom stereocenters. The van der Waals surface area contributed by atoms with E-state index in [2.05, 4.69) is 19.9 Å². The Hall–Kier alpha value is -2.30. The molecule has 3 aromatic rings. The van der Waals surface area contributed by atoms with Gasteiger partial charge in [0.15, 0.2) is 10.8 Å². The molecule has 8 heteroatoms. The molecule has 1 heterocycles. The van der Waals surface area contributed by atoms with E-state index in [4.69, 9.17) is 42.2 Å². The molecule has 0 saturated heterocycles. The molecule has 0 bridgehead atoms. The molecule has 0 saturated carbocycles. The number of benzene rings is 2. The molecule has 0 atom stereocenters. The van der Waals surface area contributed by atoms with Crippen LogP contribution in [0.25, 0.3) is 0 Å². The Balaban J connectivity index is 1.78. The van der Waals surface area contributed by atoms with Crippen LogP contribution in [0.4, 0.5) is 0 Å². The molecule has 3 rings (SSSR count). The average Bonchev–Trinajstić information content (AvgIpc) is 3.24. The summed E-state index contributed by atoms with van der Waals surface area (Å²) in [6, 6.07) is 15.5. The van der Waals surface area contributed by atoms with E-state index in [1.165, 1.54) is 0 Å². The molecule has 5 nitrogen and oxygen atoms in total. The van der Waals surface area contributed by atoms with Crippen LogP contribution >= 0.6 is 35.1 Å². The van der Waals surface area contributed by atoms with E-state index in [0.29, 0.717) is 33.9 Å². The third-order valence-corrected chi connectivity index (χ3v) is 5.82. The monoisotopic (exact) mass is 476 g/mol. The van der Waals surface area contributed by atoms with Gasteiger partial charge in [0.2, 0.25) is 0 Å². The fourth-order valence-corrected chi connectivity index (χ4v) is 3.79. The summed E-state index contributed by atoms with van der Waals surface area (Å²) in [6.07, 6.45) is 1.63. The molecule has 162 valence electrons. The molecule has 2 aromatic carbocycles. The van der Waals surface area contributed by atoms with Crippen molar-refractivity contribution in [3.8, 4) is 17.6 Å².